The molecule has 2 aromatic carbocycles. The molecule has 33 heavy (non-hydrogen) atoms. The summed E-state index contributed by atoms with van der Waals surface area (Å²) in [4.78, 5) is 22.7. The maximum absolute atomic E-state index is 13.2. The number of ether oxygens (including phenoxy) is 2. The Morgan fingerprint density at radius 3 is 2.61 bits per heavy atom. The first kappa shape index (κ1) is 21.4. The number of carbonyl (C=O) groups is 1. The third-order valence-corrected chi connectivity index (χ3v) is 6.14. The van der Waals surface area contributed by atoms with Gasteiger partial charge in [0.15, 0.2) is 5.65 Å². The lowest BCUT2D eigenvalue weighted by Gasteiger charge is -2.11. The van der Waals surface area contributed by atoms with Crippen LogP contribution in [0.25, 0.3) is 27.9 Å². The summed E-state index contributed by atoms with van der Waals surface area (Å²) in [7, 11) is 0. The molecule has 5 rings (SSSR count). The number of carbonyl (C=O) groups excluding carboxylic acids is 1. The van der Waals surface area contributed by atoms with Gasteiger partial charge in [0, 0.05) is 12.3 Å². The van der Waals surface area contributed by atoms with Gasteiger partial charge in [-0.15, -0.1) is 0 Å². The zero-order valence-corrected chi connectivity index (χ0v) is 18.8. The molecular formula is C26H28N4O3. The molecule has 2 N–H and O–H groups in total. The average Bonchev–Trinajstić information content (AvgIpc) is 3.45. The molecule has 1 atom stereocenters. The van der Waals surface area contributed by atoms with Crippen molar-refractivity contribution in [2.45, 2.75) is 45.1 Å². The fraction of sp³-hybridized carbons (Fsp3) is 0.346. The van der Waals surface area contributed by atoms with Crippen LogP contribution in [0.5, 0.6) is 0 Å². The van der Waals surface area contributed by atoms with Gasteiger partial charge in [-0.3, -0.25) is 4.57 Å². The quantitative estimate of drug-likeness (QED) is 0.410. The van der Waals surface area contributed by atoms with Crippen molar-refractivity contribution in [2.24, 2.45) is 0 Å². The summed E-state index contributed by atoms with van der Waals surface area (Å²) in [5, 5.41) is 0. The van der Waals surface area contributed by atoms with Crippen LogP contribution < -0.4 is 5.73 Å². The van der Waals surface area contributed by atoms with E-state index in [1.165, 1.54) is 5.56 Å². The number of para-hydroxylation sites is 2. The molecule has 0 aliphatic carbocycles. The molecule has 170 valence electrons. The standard InChI is InChI=1S/C26H28N4O3/c1-2-3-7-17-11-13-18(14-12-17)30-24(27)22(26(31)33-16-19-8-6-15-32-19)23-25(30)29-21-10-5-4-9-20(21)28-23/h4-5,9-14,19H,2-3,6-8,15-16,27H2,1H3/t19-/m1/s1. The highest BCUT2D eigenvalue weighted by Crippen LogP contribution is 2.32. The van der Waals surface area contributed by atoms with Crippen molar-refractivity contribution in [3.8, 4) is 5.69 Å². The topological polar surface area (TPSA) is 92.3 Å². The van der Waals surface area contributed by atoms with E-state index in [1.807, 2.05) is 36.4 Å². The Kier molecular flexibility index (Phi) is 5.96. The second-order valence-corrected chi connectivity index (χ2v) is 8.48. The van der Waals surface area contributed by atoms with E-state index in [0.717, 1.165) is 43.3 Å². The first-order valence-corrected chi connectivity index (χ1v) is 11.6. The van der Waals surface area contributed by atoms with Gasteiger partial charge >= 0.3 is 5.97 Å². The minimum atomic E-state index is -0.504. The number of esters is 1. The molecular weight excluding hydrogens is 416 g/mol. The molecule has 4 aromatic rings. The van der Waals surface area contributed by atoms with Crippen LogP contribution >= 0.6 is 0 Å². The Bertz CT molecular complexity index is 1290. The van der Waals surface area contributed by atoms with Crippen molar-refractivity contribution >= 4 is 34.0 Å². The minimum Gasteiger partial charge on any atom is -0.459 e. The van der Waals surface area contributed by atoms with Crippen molar-refractivity contribution in [3.05, 3.63) is 59.7 Å². The maximum atomic E-state index is 13.2. The summed E-state index contributed by atoms with van der Waals surface area (Å²) in [6.07, 6.45) is 5.13. The number of anilines is 1. The van der Waals surface area contributed by atoms with Gasteiger partial charge in [-0.2, -0.15) is 0 Å². The van der Waals surface area contributed by atoms with Crippen LogP contribution in [-0.4, -0.2) is 39.8 Å². The molecule has 1 fully saturated rings. The van der Waals surface area contributed by atoms with E-state index in [1.54, 1.807) is 4.57 Å². The summed E-state index contributed by atoms with van der Waals surface area (Å²) >= 11 is 0. The molecule has 7 heteroatoms. The van der Waals surface area contributed by atoms with E-state index in [-0.39, 0.29) is 24.1 Å². The Morgan fingerprint density at radius 2 is 1.91 bits per heavy atom. The van der Waals surface area contributed by atoms with Crippen molar-refractivity contribution in [3.63, 3.8) is 0 Å². The summed E-state index contributed by atoms with van der Waals surface area (Å²) < 4.78 is 13.0. The molecule has 1 aliphatic heterocycles. The van der Waals surface area contributed by atoms with E-state index in [4.69, 9.17) is 25.2 Å². The zero-order chi connectivity index (χ0) is 22.8. The lowest BCUT2D eigenvalue weighted by molar-refractivity contribution is 0.0163. The van der Waals surface area contributed by atoms with E-state index in [9.17, 15) is 4.79 Å². The molecule has 3 heterocycles. The van der Waals surface area contributed by atoms with Crippen LogP contribution in [0.2, 0.25) is 0 Å². The van der Waals surface area contributed by atoms with Crippen LogP contribution in [0.3, 0.4) is 0 Å². The highest BCUT2D eigenvalue weighted by atomic mass is 16.6. The lowest BCUT2D eigenvalue weighted by Crippen LogP contribution is -2.18. The third kappa shape index (κ3) is 4.16. The third-order valence-electron chi connectivity index (χ3n) is 6.14. The van der Waals surface area contributed by atoms with E-state index < -0.39 is 5.97 Å². The monoisotopic (exact) mass is 444 g/mol. The minimum absolute atomic E-state index is 0.0638. The molecule has 7 nitrogen and oxygen atoms in total. The number of hydrogen-bond acceptors (Lipinski definition) is 6. The van der Waals surface area contributed by atoms with Crippen LogP contribution in [0.4, 0.5) is 5.82 Å². The predicted molar refractivity (Wildman–Crippen MR) is 129 cm³/mol. The lowest BCUT2D eigenvalue weighted by atomic mass is 10.1. The van der Waals surface area contributed by atoms with Gasteiger partial charge in [-0.05, 0) is 55.5 Å². The smallest absolute Gasteiger partial charge is 0.344 e. The van der Waals surface area contributed by atoms with E-state index >= 15 is 0 Å². The predicted octanol–water partition coefficient (Wildman–Crippen LogP) is 4.83. The van der Waals surface area contributed by atoms with E-state index in [0.29, 0.717) is 23.3 Å². The number of nitrogens with zero attached hydrogens (tertiary/aromatic N) is 3. The summed E-state index contributed by atoms with van der Waals surface area (Å²) in [5.41, 5.74) is 11.3. The summed E-state index contributed by atoms with van der Waals surface area (Å²) in [5.74, 6) is -0.227. The average molecular weight is 445 g/mol. The molecule has 0 bridgehead atoms. The molecule has 1 saturated heterocycles. The molecule has 0 unspecified atom stereocenters. The van der Waals surface area contributed by atoms with E-state index in [2.05, 4.69) is 19.1 Å². The number of aromatic nitrogens is 3. The largest absolute Gasteiger partial charge is 0.459 e. The Hall–Kier alpha value is -3.45. The van der Waals surface area contributed by atoms with Gasteiger partial charge in [-0.25, -0.2) is 14.8 Å². The molecule has 0 amide bonds. The van der Waals surface area contributed by atoms with Crippen molar-refractivity contribution in [1.29, 1.82) is 0 Å². The first-order chi connectivity index (χ1) is 16.2. The first-order valence-electron chi connectivity index (χ1n) is 11.6. The Morgan fingerprint density at radius 1 is 1.15 bits per heavy atom. The molecule has 1 aliphatic rings. The molecule has 0 radical (unpaired) electrons. The number of hydrogen-bond donors (Lipinski definition) is 1. The fourth-order valence-electron chi connectivity index (χ4n) is 4.33. The number of fused-ring (bicyclic) bond motifs is 2. The van der Waals surface area contributed by atoms with Gasteiger partial charge in [-0.1, -0.05) is 37.6 Å². The molecule has 0 saturated carbocycles. The normalized spacial score (nSPS) is 16.0. The van der Waals surface area contributed by atoms with Gasteiger partial charge in [0.2, 0.25) is 0 Å². The highest BCUT2D eigenvalue weighted by molar-refractivity contribution is 6.09. The van der Waals surface area contributed by atoms with Crippen LogP contribution in [0.15, 0.2) is 48.5 Å². The van der Waals surface area contributed by atoms with Gasteiger partial charge in [0.25, 0.3) is 0 Å². The van der Waals surface area contributed by atoms with Crippen LogP contribution in [0.1, 0.15) is 48.5 Å². The van der Waals surface area contributed by atoms with Crippen molar-refractivity contribution in [1.82, 2.24) is 14.5 Å². The van der Waals surface area contributed by atoms with Gasteiger partial charge < -0.3 is 15.2 Å². The molecule has 2 aromatic heterocycles. The van der Waals surface area contributed by atoms with Crippen LogP contribution in [0, 0.1) is 0 Å². The van der Waals surface area contributed by atoms with Crippen molar-refractivity contribution < 1.29 is 14.3 Å². The number of unbranched alkanes of at least 4 members (excludes halogenated alkanes) is 1. The SMILES string of the molecule is CCCCc1ccc(-n2c(N)c(C(=O)OC[C@H]3CCCO3)c3nc4ccccc4nc32)cc1. The molecule has 0 spiro atoms. The number of benzene rings is 2. The second kappa shape index (κ2) is 9.19. The number of nitrogen functional groups attached to an aromatic ring is 1. The maximum Gasteiger partial charge on any atom is 0.344 e. The second-order valence-electron chi connectivity index (χ2n) is 8.48. The van der Waals surface area contributed by atoms with Crippen LogP contribution in [-0.2, 0) is 15.9 Å². The summed E-state index contributed by atoms with van der Waals surface area (Å²) in [6, 6.07) is 15.8. The fourth-order valence-corrected chi connectivity index (χ4v) is 4.33. The summed E-state index contributed by atoms with van der Waals surface area (Å²) in [6.45, 7) is 3.09. The zero-order valence-electron chi connectivity index (χ0n) is 18.8. The number of rotatable bonds is 7. The highest BCUT2D eigenvalue weighted by Gasteiger charge is 2.27. The number of nitrogens with two attached hydrogens (primary N) is 1. The Labute approximate surface area is 192 Å². The van der Waals surface area contributed by atoms with Gasteiger partial charge in [0.1, 0.15) is 23.5 Å². The Balaban J connectivity index is 1.59. The van der Waals surface area contributed by atoms with Crippen molar-refractivity contribution in [2.75, 3.05) is 18.9 Å². The number of aryl methyl sites for hydroxylation is 1. The van der Waals surface area contributed by atoms with Gasteiger partial charge in [0.05, 0.1) is 17.1 Å².